The van der Waals surface area contributed by atoms with Crippen LogP contribution in [0.3, 0.4) is 0 Å². The fourth-order valence-corrected chi connectivity index (χ4v) is 1.35. The van der Waals surface area contributed by atoms with Gasteiger partial charge in [0.05, 0.1) is 0 Å². The lowest BCUT2D eigenvalue weighted by Crippen LogP contribution is -2.45. The standard InChI is InChI=1S/C10H16N4O2/c1-6-4-5-7(2)14(6)13-8(3)9(15)12-10(11)16/h4-5,8,13H,1-3H3,(H3,11,12,15,16). The van der Waals surface area contributed by atoms with Gasteiger partial charge in [-0.15, -0.1) is 0 Å². The van der Waals surface area contributed by atoms with E-state index in [-0.39, 0.29) is 0 Å². The van der Waals surface area contributed by atoms with E-state index in [4.69, 9.17) is 5.73 Å². The predicted octanol–water partition coefficient (Wildman–Crippen LogP) is 0.232. The number of primary amides is 1. The Hall–Kier alpha value is -1.98. The average Bonchev–Trinajstić information content (AvgIpc) is 2.48. The first-order valence-electron chi connectivity index (χ1n) is 4.93. The van der Waals surface area contributed by atoms with Gasteiger partial charge in [-0.3, -0.25) is 14.8 Å². The molecule has 4 N–H and O–H groups in total. The van der Waals surface area contributed by atoms with Crippen molar-refractivity contribution in [3.8, 4) is 0 Å². The first-order chi connectivity index (χ1) is 7.41. The van der Waals surface area contributed by atoms with E-state index in [1.165, 1.54) is 0 Å². The highest BCUT2D eigenvalue weighted by Gasteiger charge is 2.15. The van der Waals surface area contributed by atoms with Crippen molar-refractivity contribution in [2.75, 3.05) is 5.43 Å². The van der Waals surface area contributed by atoms with Gasteiger partial charge in [0.1, 0.15) is 6.04 Å². The zero-order valence-electron chi connectivity index (χ0n) is 9.57. The molecule has 1 aromatic rings. The topological polar surface area (TPSA) is 89.2 Å². The van der Waals surface area contributed by atoms with Crippen LogP contribution in [0.2, 0.25) is 0 Å². The maximum atomic E-state index is 11.4. The van der Waals surface area contributed by atoms with Crippen LogP contribution in [-0.4, -0.2) is 22.7 Å². The highest BCUT2D eigenvalue weighted by atomic mass is 16.2. The van der Waals surface area contributed by atoms with Crippen molar-refractivity contribution >= 4 is 11.9 Å². The number of hydrogen-bond donors (Lipinski definition) is 3. The number of urea groups is 1. The number of hydrogen-bond acceptors (Lipinski definition) is 3. The minimum atomic E-state index is -0.848. The maximum absolute atomic E-state index is 11.4. The molecule has 0 bridgehead atoms. The monoisotopic (exact) mass is 224 g/mol. The summed E-state index contributed by atoms with van der Waals surface area (Å²) in [4.78, 5) is 21.9. The van der Waals surface area contributed by atoms with E-state index < -0.39 is 18.0 Å². The molecule has 0 aromatic carbocycles. The Balaban J connectivity index is 2.67. The quantitative estimate of drug-likeness (QED) is 0.686. The number of carbonyl (C=O) groups excluding carboxylic acids is 2. The van der Waals surface area contributed by atoms with Gasteiger partial charge < -0.3 is 11.2 Å². The SMILES string of the molecule is Cc1ccc(C)n1NC(C)C(=O)NC(N)=O. The van der Waals surface area contributed by atoms with Crippen molar-refractivity contribution in [2.24, 2.45) is 5.73 Å². The first-order valence-corrected chi connectivity index (χ1v) is 4.93. The number of aryl methyl sites for hydroxylation is 2. The van der Waals surface area contributed by atoms with Crippen LogP contribution >= 0.6 is 0 Å². The number of nitrogens with one attached hydrogen (secondary N) is 2. The van der Waals surface area contributed by atoms with Gasteiger partial charge in [-0.25, -0.2) is 4.79 Å². The Kier molecular flexibility index (Phi) is 3.55. The van der Waals surface area contributed by atoms with E-state index in [1.54, 1.807) is 11.6 Å². The number of rotatable bonds is 3. The predicted molar refractivity (Wildman–Crippen MR) is 60.5 cm³/mol. The van der Waals surface area contributed by atoms with E-state index in [2.05, 4.69) is 5.43 Å². The smallest absolute Gasteiger partial charge is 0.318 e. The van der Waals surface area contributed by atoms with Gasteiger partial charge in [0.2, 0.25) is 0 Å². The van der Waals surface area contributed by atoms with E-state index in [0.29, 0.717) is 0 Å². The maximum Gasteiger partial charge on any atom is 0.318 e. The fourth-order valence-electron chi connectivity index (χ4n) is 1.35. The second-order valence-corrected chi connectivity index (χ2v) is 3.66. The van der Waals surface area contributed by atoms with Crippen molar-refractivity contribution < 1.29 is 9.59 Å². The summed E-state index contributed by atoms with van der Waals surface area (Å²) in [6.07, 6.45) is 0. The van der Waals surface area contributed by atoms with Crippen LogP contribution in [0, 0.1) is 13.8 Å². The van der Waals surface area contributed by atoms with Gasteiger partial charge in [-0.2, -0.15) is 0 Å². The summed E-state index contributed by atoms with van der Waals surface area (Å²) >= 11 is 0. The molecule has 1 atom stereocenters. The highest BCUT2D eigenvalue weighted by molar-refractivity contribution is 5.96. The van der Waals surface area contributed by atoms with Gasteiger partial charge in [0.15, 0.2) is 0 Å². The summed E-state index contributed by atoms with van der Waals surface area (Å²) in [7, 11) is 0. The van der Waals surface area contributed by atoms with E-state index in [9.17, 15) is 9.59 Å². The third kappa shape index (κ3) is 2.75. The number of imide groups is 1. The van der Waals surface area contributed by atoms with Crippen molar-refractivity contribution in [2.45, 2.75) is 26.8 Å². The number of carbonyl (C=O) groups is 2. The minimum Gasteiger partial charge on any atom is -0.351 e. The fraction of sp³-hybridized carbons (Fsp3) is 0.400. The molecule has 0 aliphatic carbocycles. The summed E-state index contributed by atoms with van der Waals surface area (Å²) in [6.45, 7) is 5.48. The summed E-state index contributed by atoms with van der Waals surface area (Å²) < 4.78 is 1.78. The van der Waals surface area contributed by atoms with Gasteiger partial charge in [0, 0.05) is 11.4 Å². The molecule has 0 radical (unpaired) electrons. The van der Waals surface area contributed by atoms with Crippen molar-refractivity contribution in [3.05, 3.63) is 23.5 Å². The molecule has 0 aliphatic heterocycles. The normalized spacial score (nSPS) is 11.9. The molecule has 0 fully saturated rings. The molecule has 1 unspecified atom stereocenters. The molecular formula is C10H16N4O2. The molecule has 6 heteroatoms. The average molecular weight is 224 g/mol. The molecular weight excluding hydrogens is 208 g/mol. The summed E-state index contributed by atoms with van der Waals surface area (Å²) in [6, 6.07) is 2.47. The number of nitrogens with zero attached hydrogens (tertiary/aromatic N) is 1. The zero-order chi connectivity index (χ0) is 12.3. The van der Waals surface area contributed by atoms with Crippen molar-refractivity contribution in [1.82, 2.24) is 9.99 Å². The van der Waals surface area contributed by atoms with Crippen LogP contribution in [0.4, 0.5) is 4.79 Å². The molecule has 0 spiro atoms. The Labute approximate surface area is 93.8 Å². The van der Waals surface area contributed by atoms with Crippen LogP contribution in [0.25, 0.3) is 0 Å². The number of amides is 3. The van der Waals surface area contributed by atoms with Gasteiger partial charge >= 0.3 is 6.03 Å². The van der Waals surface area contributed by atoms with Crippen LogP contribution in [0.5, 0.6) is 0 Å². The van der Waals surface area contributed by atoms with Gasteiger partial charge in [0.25, 0.3) is 5.91 Å². The molecule has 1 heterocycles. The molecule has 0 saturated heterocycles. The van der Waals surface area contributed by atoms with Crippen molar-refractivity contribution in [1.29, 1.82) is 0 Å². The second kappa shape index (κ2) is 4.69. The summed E-state index contributed by atoms with van der Waals surface area (Å²) in [5, 5.41) is 2.02. The van der Waals surface area contributed by atoms with Gasteiger partial charge in [-0.05, 0) is 32.9 Å². The third-order valence-electron chi connectivity index (χ3n) is 2.23. The Morgan fingerprint density at radius 3 is 2.25 bits per heavy atom. The molecule has 1 rings (SSSR count). The molecule has 1 aromatic heterocycles. The van der Waals surface area contributed by atoms with Crippen LogP contribution in [0.1, 0.15) is 18.3 Å². The summed E-state index contributed by atoms with van der Waals surface area (Å²) in [5.41, 5.74) is 9.78. The lowest BCUT2D eigenvalue weighted by atomic mass is 10.3. The lowest BCUT2D eigenvalue weighted by molar-refractivity contribution is -0.120. The molecule has 0 aliphatic rings. The molecule has 88 valence electrons. The van der Waals surface area contributed by atoms with E-state index in [1.807, 2.05) is 31.3 Å². The number of aromatic nitrogens is 1. The lowest BCUT2D eigenvalue weighted by Gasteiger charge is -2.18. The second-order valence-electron chi connectivity index (χ2n) is 3.66. The van der Waals surface area contributed by atoms with Crippen LogP contribution in [0.15, 0.2) is 12.1 Å². The Morgan fingerprint density at radius 1 is 1.31 bits per heavy atom. The van der Waals surface area contributed by atoms with Crippen molar-refractivity contribution in [3.63, 3.8) is 0 Å². The van der Waals surface area contributed by atoms with E-state index in [0.717, 1.165) is 11.4 Å². The first kappa shape index (κ1) is 12.1. The molecule has 16 heavy (non-hydrogen) atoms. The molecule has 6 nitrogen and oxygen atoms in total. The van der Waals surface area contributed by atoms with Crippen LogP contribution < -0.4 is 16.5 Å². The van der Waals surface area contributed by atoms with E-state index >= 15 is 0 Å². The largest absolute Gasteiger partial charge is 0.351 e. The highest BCUT2D eigenvalue weighted by Crippen LogP contribution is 2.04. The summed E-state index contributed by atoms with van der Waals surface area (Å²) in [5.74, 6) is -0.458. The molecule has 3 amide bonds. The Bertz CT molecular complexity index is 391. The Morgan fingerprint density at radius 2 is 1.81 bits per heavy atom. The minimum absolute atomic E-state index is 0.458. The third-order valence-corrected chi connectivity index (χ3v) is 2.23. The van der Waals surface area contributed by atoms with Crippen LogP contribution in [-0.2, 0) is 4.79 Å². The zero-order valence-corrected chi connectivity index (χ0v) is 9.57. The molecule has 0 saturated carbocycles. The van der Waals surface area contributed by atoms with Gasteiger partial charge in [-0.1, -0.05) is 0 Å². The number of nitrogens with two attached hydrogens (primary N) is 1.